The molecule has 0 amide bonds. The maximum Gasteiger partial charge on any atom is 0.137 e. The van der Waals surface area contributed by atoms with E-state index in [0.717, 1.165) is 35.0 Å². The van der Waals surface area contributed by atoms with Crippen molar-refractivity contribution in [1.82, 2.24) is 15.0 Å². The Balaban J connectivity index is 2.17. The summed E-state index contributed by atoms with van der Waals surface area (Å²) in [6, 6.07) is 5.96. The van der Waals surface area contributed by atoms with Crippen LogP contribution < -0.4 is 5.32 Å². The molecule has 0 bridgehead atoms. The highest BCUT2D eigenvalue weighted by molar-refractivity contribution is 6.30. The van der Waals surface area contributed by atoms with Crippen molar-refractivity contribution in [2.75, 3.05) is 5.32 Å². The number of nitrogens with one attached hydrogen (secondary N) is 1. The zero-order valence-electron chi connectivity index (χ0n) is 11.4. The van der Waals surface area contributed by atoms with Gasteiger partial charge in [0.15, 0.2) is 0 Å². The first kappa shape index (κ1) is 13.7. The number of aryl methyl sites for hydroxylation is 2. The molecular formula is C14H17ClN4. The number of hydrogen-bond donors (Lipinski definition) is 1. The molecule has 0 aliphatic rings. The van der Waals surface area contributed by atoms with Crippen molar-refractivity contribution in [3.63, 3.8) is 0 Å². The monoisotopic (exact) mass is 276 g/mol. The van der Waals surface area contributed by atoms with E-state index in [1.54, 1.807) is 0 Å². The van der Waals surface area contributed by atoms with E-state index in [1.165, 1.54) is 0 Å². The minimum atomic E-state index is 0.506. The summed E-state index contributed by atoms with van der Waals surface area (Å²) in [5.74, 6) is 1.52. The standard InChI is InChI=1S/C14H17ClN4/c1-4-12-18-13(15)10(3)14(19-12)16-8-11-7-5-6-9(2)17-11/h5-7H,4,8H2,1-3H3,(H,16,18,19). The third kappa shape index (κ3) is 3.41. The van der Waals surface area contributed by atoms with Gasteiger partial charge in [-0.1, -0.05) is 24.6 Å². The van der Waals surface area contributed by atoms with Crippen molar-refractivity contribution in [3.8, 4) is 0 Å². The molecule has 0 atom stereocenters. The van der Waals surface area contributed by atoms with Gasteiger partial charge in [0.25, 0.3) is 0 Å². The first-order valence-electron chi connectivity index (χ1n) is 6.29. The van der Waals surface area contributed by atoms with Crippen molar-refractivity contribution in [3.05, 3.63) is 46.1 Å². The lowest BCUT2D eigenvalue weighted by atomic mass is 10.3. The molecule has 0 aliphatic heterocycles. The van der Waals surface area contributed by atoms with Gasteiger partial charge < -0.3 is 5.32 Å². The summed E-state index contributed by atoms with van der Waals surface area (Å²) in [5, 5.41) is 3.78. The largest absolute Gasteiger partial charge is 0.364 e. The number of aromatic nitrogens is 3. The van der Waals surface area contributed by atoms with E-state index in [9.17, 15) is 0 Å². The Bertz CT molecular complexity index is 584. The molecule has 0 saturated heterocycles. The van der Waals surface area contributed by atoms with E-state index in [1.807, 2.05) is 39.0 Å². The smallest absolute Gasteiger partial charge is 0.137 e. The van der Waals surface area contributed by atoms with Gasteiger partial charge in [0.05, 0.1) is 12.2 Å². The van der Waals surface area contributed by atoms with E-state index in [2.05, 4.69) is 20.3 Å². The number of hydrogen-bond acceptors (Lipinski definition) is 4. The van der Waals surface area contributed by atoms with Crippen LogP contribution >= 0.6 is 11.6 Å². The molecule has 2 aromatic heterocycles. The quantitative estimate of drug-likeness (QED) is 0.871. The van der Waals surface area contributed by atoms with Crippen LogP contribution in [0.3, 0.4) is 0 Å². The first-order valence-corrected chi connectivity index (χ1v) is 6.67. The Morgan fingerprint density at radius 2 is 1.95 bits per heavy atom. The van der Waals surface area contributed by atoms with Crippen LogP contribution in [0, 0.1) is 13.8 Å². The number of nitrogens with zero attached hydrogens (tertiary/aromatic N) is 3. The van der Waals surface area contributed by atoms with E-state index < -0.39 is 0 Å². The summed E-state index contributed by atoms with van der Waals surface area (Å²) in [4.78, 5) is 13.1. The van der Waals surface area contributed by atoms with Crippen LogP contribution in [0.15, 0.2) is 18.2 Å². The third-order valence-electron chi connectivity index (χ3n) is 2.83. The molecule has 0 aromatic carbocycles. The fourth-order valence-corrected chi connectivity index (χ4v) is 1.92. The zero-order valence-corrected chi connectivity index (χ0v) is 12.1. The molecule has 4 nitrogen and oxygen atoms in total. The van der Waals surface area contributed by atoms with Gasteiger partial charge in [-0.2, -0.15) is 0 Å². The molecule has 0 unspecified atom stereocenters. The molecule has 0 radical (unpaired) electrons. The second-order valence-electron chi connectivity index (χ2n) is 4.38. The number of anilines is 1. The number of pyridine rings is 1. The van der Waals surface area contributed by atoms with Crippen molar-refractivity contribution in [2.24, 2.45) is 0 Å². The third-order valence-corrected chi connectivity index (χ3v) is 3.20. The van der Waals surface area contributed by atoms with Crippen LogP contribution in [-0.4, -0.2) is 15.0 Å². The predicted molar refractivity (Wildman–Crippen MR) is 77.5 cm³/mol. The van der Waals surface area contributed by atoms with Crippen LogP contribution in [0.2, 0.25) is 5.15 Å². The molecule has 0 fully saturated rings. The average Bonchev–Trinajstić information content (AvgIpc) is 2.40. The highest BCUT2D eigenvalue weighted by atomic mass is 35.5. The topological polar surface area (TPSA) is 50.7 Å². The molecule has 2 heterocycles. The molecule has 100 valence electrons. The maximum atomic E-state index is 6.10. The van der Waals surface area contributed by atoms with Gasteiger partial charge >= 0.3 is 0 Å². The minimum absolute atomic E-state index is 0.506. The lowest BCUT2D eigenvalue weighted by Gasteiger charge is -2.10. The van der Waals surface area contributed by atoms with E-state index >= 15 is 0 Å². The first-order chi connectivity index (χ1) is 9.10. The molecule has 19 heavy (non-hydrogen) atoms. The second-order valence-corrected chi connectivity index (χ2v) is 4.74. The SMILES string of the molecule is CCc1nc(Cl)c(C)c(NCc2cccc(C)n2)n1. The molecule has 0 saturated carbocycles. The highest BCUT2D eigenvalue weighted by Gasteiger charge is 2.08. The van der Waals surface area contributed by atoms with E-state index in [0.29, 0.717) is 11.7 Å². The minimum Gasteiger partial charge on any atom is -0.364 e. The maximum absolute atomic E-state index is 6.10. The van der Waals surface area contributed by atoms with Gasteiger partial charge in [-0.05, 0) is 26.0 Å². The summed E-state index contributed by atoms with van der Waals surface area (Å²) in [6.07, 6.45) is 0.761. The molecule has 1 N–H and O–H groups in total. The zero-order chi connectivity index (χ0) is 13.8. The van der Waals surface area contributed by atoms with Crippen molar-refractivity contribution < 1.29 is 0 Å². The number of halogens is 1. The summed E-state index contributed by atoms with van der Waals surface area (Å²) in [7, 11) is 0. The average molecular weight is 277 g/mol. The van der Waals surface area contributed by atoms with Gasteiger partial charge in [0.1, 0.15) is 16.8 Å². The molecular weight excluding hydrogens is 260 g/mol. The van der Waals surface area contributed by atoms with Gasteiger partial charge in [0, 0.05) is 17.7 Å². The van der Waals surface area contributed by atoms with Crippen molar-refractivity contribution in [1.29, 1.82) is 0 Å². The van der Waals surface area contributed by atoms with Gasteiger partial charge in [-0.15, -0.1) is 0 Å². The summed E-state index contributed by atoms with van der Waals surface area (Å²) >= 11 is 6.10. The van der Waals surface area contributed by atoms with E-state index in [-0.39, 0.29) is 0 Å². The Morgan fingerprint density at radius 1 is 1.16 bits per heavy atom. The summed E-state index contributed by atoms with van der Waals surface area (Å²) in [5.41, 5.74) is 2.85. The van der Waals surface area contributed by atoms with Crippen LogP contribution in [0.4, 0.5) is 5.82 Å². The molecule has 0 spiro atoms. The predicted octanol–water partition coefficient (Wildman–Crippen LogP) is 3.32. The van der Waals surface area contributed by atoms with Crippen molar-refractivity contribution >= 4 is 17.4 Å². The lowest BCUT2D eigenvalue weighted by molar-refractivity contribution is 0.915. The van der Waals surface area contributed by atoms with Gasteiger partial charge in [0.2, 0.25) is 0 Å². The van der Waals surface area contributed by atoms with Crippen LogP contribution in [0.1, 0.15) is 29.7 Å². The number of rotatable bonds is 4. The molecule has 2 aromatic rings. The van der Waals surface area contributed by atoms with Gasteiger partial charge in [-0.3, -0.25) is 4.98 Å². The molecule has 0 aliphatic carbocycles. The van der Waals surface area contributed by atoms with Crippen molar-refractivity contribution in [2.45, 2.75) is 33.7 Å². The molecule has 5 heteroatoms. The Hall–Kier alpha value is -1.68. The van der Waals surface area contributed by atoms with Crippen LogP contribution in [0.5, 0.6) is 0 Å². The Labute approximate surface area is 118 Å². The lowest BCUT2D eigenvalue weighted by Crippen LogP contribution is -2.08. The normalized spacial score (nSPS) is 10.5. The Morgan fingerprint density at radius 3 is 2.63 bits per heavy atom. The van der Waals surface area contributed by atoms with Crippen LogP contribution in [-0.2, 0) is 13.0 Å². The second kappa shape index (κ2) is 5.97. The highest BCUT2D eigenvalue weighted by Crippen LogP contribution is 2.20. The summed E-state index contributed by atoms with van der Waals surface area (Å²) in [6.45, 7) is 6.52. The van der Waals surface area contributed by atoms with E-state index in [4.69, 9.17) is 11.6 Å². The molecule has 2 rings (SSSR count). The fraction of sp³-hybridized carbons (Fsp3) is 0.357. The fourth-order valence-electron chi connectivity index (χ4n) is 1.74. The van der Waals surface area contributed by atoms with Gasteiger partial charge in [-0.25, -0.2) is 9.97 Å². The summed E-state index contributed by atoms with van der Waals surface area (Å²) < 4.78 is 0. The Kier molecular flexibility index (Phi) is 4.32. The van der Waals surface area contributed by atoms with Crippen LogP contribution in [0.25, 0.3) is 0 Å².